The first-order valence-electron chi connectivity index (χ1n) is 8.31. The fourth-order valence-corrected chi connectivity index (χ4v) is 2.82. The summed E-state index contributed by atoms with van der Waals surface area (Å²) in [6.07, 6.45) is 8.25. The lowest BCUT2D eigenvalue weighted by Crippen LogP contribution is -2.45. The number of aliphatic carboxylic acids is 1. The smallest absolute Gasteiger partial charge is 0.326 e. The van der Waals surface area contributed by atoms with Crippen LogP contribution in [0.2, 0.25) is 0 Å². The Hall–Kier alpha value is -1.59. The standard InChI is InChI=1S/C16H28N2O4/c1-2-3-9-13(16(21)22)18-15(20)11-17-14(19)10-12-7-5-4-6-8-12/h12-13H,2-11H2,1H3,(H,17,19)(H,18,20)(H,21,22)/t13-/m0/s1. The number of hydrogen-bond acceptors (Lipinski definition) is 3. The molecule has 1 aliphatic carbocycles. The molecule has 0 bridgehead atoms. The van der Waals surface area contributed by atoms with Crippen molar-refractivity contribution in [2.45, 2.75) is 70.8 Å². The van der Waals surface area contributed by atoms with Crippen molar-refractivity contribution in [3.63, 3.8) is 0 Å². The van der Waals surface area contributed by atoms with E-state index in [1.54, 1.807) is 0 Å². The zero-order chi connectivity index (χ0) is 16.4. The van der Waals surface area contributed by atoms with Crippen LogP contribution in [0.3, 0.4) is 0 Å². The average Bonchev–Trinajstić information content (AvgIpc) is 2.50. The minimum Gasteiger partial charge on any atom is -0.480 e. The number of hydrogen-bond donors (Lipinski definition) is 3. The van der Waals surface area contributed by atoms with Gasteiger partial charge >= 0.3 is 5.97 Å². The SMILES string of the molecule is CCCC[C@H](NC(=O)CNC(=O)CC1CCCCC1)C(=O)O. The predicted octanol–water partition coefficient (Wildman–Crippen LogP) is 1.83. The molecule has 126 valence electrons. The molecule has 0 aliphatic heterocycles. The molecule has 3 N–H and O–H groups in total. The maximum atomic E-state index is 11.8. The van der Waals surface area contributed by atoms with Gasteiger partial charge in [-0.25, -0.2) is 4.79 Å². The van der Waals surface area contributed by atoms with Gasteiger partial charge in [-0.3, -0.25) is 9.59 Å². The van der Waals surface area contributed by atoms with Crippen LogP contribution >= 0.6 is 0 Å². The molecule has 0 heterocycles. The number of amides is 2. The van der Waals surface area contributed by atoms with Crippen LogP contribution in [-0.2, 0) is 14.4 Å². The average molecular weight is 312 g/mol. The Morgan fingerprint density at radius 2 is 1.82 bits per heavy atom. The van der Waals surface area contributed by atoms with Gasteiger partial charge in [0.25, 0.3) is 0 Å². The largest absolute Gasteiger partial charge is 0.480 e. The van der Waals surface area contributed by atoms with Crippen molar-refractivity contribution < 1.29 is 19.5 Å². The summed E-state index contributed by atoms with van der Waals surface area (Å²) in [4.78, 5) is 34.6. The molecule has 22 heavy (non-hydrogen) atoms. The van der Waals surface area contributed by atoms with Crippen LogP contribution in [0.5, 0.6) is 0 Å². The second-order valence-electron chi connectivity index (χ2n) is 6.09. The molecule has 0 radical (unpaired) electrons. The van der Waals surface area contributed by atoms with E-state index in [1.807, 2.05) is 6.92 Å². The molecule has 0 aromatic carbocycles. The monoisotopic (exact) mass is 312 g/mol. The van der Waals surface area contributed by atoms with Crippen molar-refractivity contribution in [2.24, 2.45) is 5.92 Å². The summed E-state index contributed by atoms with van der Waals surface area (Å²) in [5.41, 5.74) is 0. The van der Waals surface area contributed by atoms with Gasteiger partial charge in [0.2, 0.25) is 11.8 Å². The summed E-state index contributed by atoms with van der Waals surface area (Å²) in [7, 11) is 0. The second kappa shape index (κ2) is 10.2. The van der Waals surface area contributed by atoms with Gasteiger partial charge in [0.15, 0.2) is 0 Å². The molecule has 6 heteroatoms. The van der Waals surface area contributed by atoms with Crippen LogP contribution in [-0.4, -0.2) is 35.5 Å². The Balaban J connectivity index is 2.25. The number of nitrogens with one attached hydrogen (secondary N) is 2. The summed E-state index contributed by atoms with van der Waals surface area (Å²) in [6, 6.07) is -0.873. The molecular weight excluding hydrogens is 284 g/mol. The molecule has 0 saturated heterocycles. The number of rotatable bonds is 9. The van der Waals surface area contributed by atoms with E-state index in [4.69, 9.17) is 5.11 Å². The van der Waals surface area contributed by atoms with E-state index in [2.05, 4.69) is 10.6 Å². The highest BCUT2D eigenvalue weighted by Crippen LogP contribution is 2.25. The quantitative estimate of drug-likeness (QED) is 0.605. The highest BCUT2D eigenvalue weighted by Gasteiger charge is 2.20. The molecule has 1 aliphatic rings. The van der Waals surface area contributed by atoms with E-state index < -0.39 is 17.9 Å². The summed E-state index contributed by atoms with van der Waals surface area (Å²) in [5.74, 6) is -1.17. The number of carboxylic acid groups (broad SMARTS) is 1. The summed E-state index contributed by atoms with van der Waals surface area (Å²) < 4.78 is 0. The van der Waals surface area contributed by atoms with Gasteiger partial charge < -0.3 is 15.7 Å². The molecular formula is C16H28N2O4. The van der Waals surface area contributed by atoms with Gasteiger partial charge in [0, 0.05) is 6.42 Å². The van der Waals surface area contributed by atoms with E-state index in [0.717, 1.165) is 25.7 Å². The molecule has 0 unspecified atom stereocenters. The van der Waals surface area contributed by atoms with Crippen molar-refractivity contribution in [1.29, 1.82) is 0 Å². The van der Waals surface area contributed by atoms with Crippen molar-refractivity contribution in [1.82, 2.24) is 10.6 Å². The molecule has 0 aromatic rings. The van der Waals surface area contributed by atoms with Crippen molar-refractivity contribution in [3.05, 3.63) is 0 Å². The van der Waals surface area contributed by atoms with E-state index in [9.17, 15) is 14.4 Å². The Labute approximate surface area is 132 Å². The van der Waals surface area contributed by atoms with E-state index in [1.165, 1.54) is 19.3 Å². The Morgan fingerprint density at radius 3 is 2.41 bits per heavy atom. The lowest BCUT2D eigenvalue weighted by molar-refractivity contribution is -0.142. The molecule has 1 saturated carbocycles. The van der Waals surface area contributed by atoms with Gasteiger partial charge in [-0.15, -0.1) is 0 Å². The highest BCUT2D eigenvalue weighted by atomic mass is 16.4. The van der Waals surface area contributed by atoms with Crippen LogP contribution in [0, 0.1) is 5.92 Å². The molecule has 0 aromatic heterocycles. The number of carboxylic acids is 1. The summed E-state index contributed by atoms with van der Waals surface area (Å²) in [6.45, 7) is 1.81. The van der Waals surface area contributed by atoms with Gasteiger partial charge in [-0.05, 0) is 25.2 Å². The molecule has 1 rings (SSSR count). The summed E-state index contributed by atoms with van der Waals surface area (Å²) >= 11 is 0. The first-order chi connectivity index (χ1) is 10.5. The summed E-state index contributed by atoms with van der Waals surface area (Å²) in [5, 5.41) is 14.1. The van der Waals surface area contributed by atoms with Crippen molar-refractivity contribution >= 4 is 17.8 Å². The minimum absolute atomic E-state index is 0.123. The zero-order valence-corrected chi connectivity index (χ0v) is 13.4. The molecule has 6 nitrogen and oxygen atoms in total. The Morgan fingerprint density at radius 1 is 1.14 bits per heavy atom. The van der Waals surface area contributed by atoms with Crippen LogP contribution in [0.1, 0.15) is 64.7 Å². The predicted molar refractivity (Wildman–Crippen MR) is 83.3 cm³/mol. The third kappa shape index (κ3) is 7.43. The van der Waals surface area contributed by atoms with E-state index >= 15 is 0 Å². The Kier molecular flexibility index (Phi) is 8.55. The number of carbonyl (C=O) groups is 3. The van der Waals surface area contributed by atoms with Crippen LogP contribution in [0.25, 0.3) is 0 Å². The minimum atomic E-state index is -1.03. The third-order valence-electron chi connectivity index (χ3n) is 4.12. The fraction of sp³-hybridized carbons (Fsp3) is 0.812. The normalized spacial score (nSPS) is 16.8. The first-order valence-corrected chi connectivity index (χ1v) is 8.31. The molecule has 0 spiro atoms. The topological polar surface area (TPSA) is 95.5 Å². The lowest BCUT2D eigenvalue weighted by Gasteiger charge is -2.21. The van der Waals surface area contributed by atoms with E-state index in [0.29, 0.717) is 18.8 Å². The van der Waals surface area contributed by atoms with Crippen molar-refractivity contribution in [2.75, 3.05) is 6.54 Å². The molecule has 1 fully saturated rings. The second-order valence-corrected chi connectivity index (χ2v) is 6.09. The molecule has 2 amide bonds. The zero-order valence-electron chi connectivity index (χ0n) is 13.4. The molecule has 1 atom stereocenters. The lowest BCUT2D eigenvalue weighted by atomic mass is 9.87. The fourth-order valence-electron chi connectivity index (χ4n) is 2.82. The van der Waals surface area contributed by atoms with Crippen LogP contribution < -0.4 is 10.6 Å². The van der Waals surface area contributed by atoms with Crippen LogP contribution in [0.4, 0.5) is 0 Å². The van der Waals surface area contributed by atoms with Gasteiger partial charge in [0.1, 0.15) is 6.04 Å². The van der Waals surface area contributed by atoms with Gasteiger partial charge in [0.05, 0.1) is 6.54 Å². The van der Waals surface area contributed by atoms with Crippen LogP contribution in [0.15, 0.2) is 0 Å². The first kappa shape index (κ1) is 18.5. The number of carbonyl (C=O) groups excluding carboxylic acids is 2. The Bertz CT molecular complexity index is 378. The maximum absolute atomic E-state index is 11.8. The van der Waals surface area contributed by atoms with E-state index in [-0.39, 0.29) is 12.5 Å². The van der Waals surface area contributed by atoms with Gasteiger partial charge in [-0.2, -0.15) is 0 Å². The third-order valence-corrected chi connectivity index (χ3v) is 4.12. The van der Waals surface area contributed by atoms with Crippen molar-refractivity contribution in [3.8, 4) is 0 Å². The number of unbranched alkanes of at least 4 members (excludes halogenated alkanes) is 1. The van der Waals surface area contributed by atoms with Gasteiger partial charge in [-0.1, -0.05) is 39.0 Å². The maximum Gasteiger partial charge on any atom is 0.326 e. The highest BCUT2D eigenvalue weighted by molar-refractivity contribution is 5.87.